The molecule has 0 aliphatic heterocycles. The molecule has 0 saturated heterocycles. The highest BCUT2D eigenvalue weighted by atomic mass is 16.5. The topological polar surface area (TPSA) is 54.4 Å². The van der Waals surface area contributed by atoms with E-state index >= 15 is 0 Å². The molecule has 0 aliphatic rings. The Labute approximate surface area is 90.3 Å². The lowest BCUT2D eigenvalue weighted by Gasteiger charge is -2.17. The Morgan fingerprint density at radius 3 is 2.80 bits per heavy atom. The van der Waals surface area contributed by atoms with Gasteiger partial charge in [-0.15, -0.1) is 0 Å². The van der Waals surface area contributed by atoms with Crippen LogP contribution in [0.15, 0.2) is 18.2 Å². The van der Waals surface area contributed by atoms with Gasteiger partial charge in [-0.1, -0.05) is 6.07 Å². The summed E-state index contributed by atoms with van der Waals surface area (Å²) in [6, 6.07) is 5.62. The third-order valence-corrected chi connectivity index (χ3v) is 1.85. The number of rotatable bonds is 5. The summed E-state index contributed by atoms with van der Waals surface area (Å²) < 4.78 is 5.01. The fourth-order valence-corrected chi connectivity index (χ4v) is 1.17. The average Bonchev–Trinajstić information content (AvgIpc) is 2.16. The number of aromatic nitrogens is 1. The van der Waals surface area contributed by atoms with E-state index in [4.69, 9.17) is 4.74 Å². The number of hydrogen-bond donors (Lipinski definition) is 2. The van der Waals surface area contributed by atoms with Crippen molar-refractivity contribution >= 4 is 0 Å². The second-order valence-electron chi connectivity index (χ2n) is 4.09. The van der Waals surface area contributed by atoms with Gasteiger partial charge >= 0.3 is 0 Å². The highest BCUT2D eigenvalue weighted by molar-refractivity contribution is 5.15. The van der Waals surface area contributed by atoms with Crippen molar-refractivity contribution in [2.24, 2.45) is 0 Å². The zero-order chi connectivity index (χ0) is 11.3. The van der Waals surface area contributed by atoms with E-state index in [-0.39, 0.29) is 0 Å². The molecule has 1 aromatic heterocycles. The maximum atomic E-state index is 9.49. The number of ether oxygens (including phenoxy) is 1. The van der Waals surface area contributed by atoms with E-state index in [0.717, 1.165) is 5.69 Å². The summed E-state index contributed by atoms with van der Waals surface area (Å²) in [7, 11) is 1.59. The number of nitrogens with zero attached hydrogens (tertiary/aromatic N) is 1. The largest absolute Gasteiger partial charge is 0.481 e. The molecule has 0 amide bonds. The van der Waals surface area contributed by atoms with Crippen LogP contribution < -0.4 is 10.1 Å². The van der Waals surface area contributed by atoms with Crippen LogP contribution >= 0.6 is 0 Å². The molecule has 2 N–H and O–H groups in total. The summed E-state index contributed by atoms with van der Waals surface area (Å²) in [5.41, 5.74) is 0.206. The van der Waals surface area contributed by atoms with Crippen LogP contribution in [-0.2, 0) is 6.54 Å². The molecular weight excluding hydrogens is 192 g/mol. The molecule has 0 aliphatic carbocycles. The maximum Gasteiger partial charge on any atom is 0.213 e. The van der Waals surface area contributed by atoms with Crippen LogP contribution in [0.2, 0.25) is 0 Å². The highest BCUT2D eigenvalue weighted by Gasteiger charge is 2.11. The molecule has 0 spiro atoms. The van der Waals surface area contributed by atoms with E-state index < -0.39 is 5.60 Å². The van der Waals surface area contributed by atoms with Crippen LogP contribution in [0.5, 0.6) is 5.88 Å². The lowest BCUT2D eigenvalue weighted by molar-refractivity contribution is 0.0794. The van der Waals surface area contributed by atoms with Crippen molar-refractivity contribution in [2.75, 3.05) is 13.7 Å². The Hall–Kier alpha value is -1.13. The molecule has 4 heteroatoms. The van der Waals surface area contributed by atoms with Crippen molar-refractivity contribution in [1.82, 2.24) is 10.3 Å². The molecule has 1 heterocycles. The first kappa shape index (κ1) is 11.9. The molecule has 15 heavy (non-hydrogen) atoms. The van der Waals surface area contributed by atoms with Crippen molar-refractivity contribution < 1.29 is 9.84 Å². The van der Waals surface area contributed by atoms with Gasteiger partial charge in [-0.2, -0.15) is 0 Å². The Kier molecular flexibility index (Phi) is 4.05. The van der Waals surface area contributed by atoms with Crippen molar-refractivity contribution in [2.45, 2.75) is 26.0 Å². The number of aliphatic hydroxyl groups is 1. The zero-order valence-electron chi connectivity index (χ0n) is 9.45. The first-order valence-corrected chi connectivity index (χ1v) is 4.94. The van der Waals surface area contributed by atoms with Gasteiger partial charge in [0.15, 0.2) is 0 Å². The summed E-state index contributed by atoms with van der Waals surface area (Å²) in [4.78, 5) is 4.24. The normalized spacial score (nSPS) is 11.5. The average molecular weight is 210 g/mol. The van der Waals surface area contributed by atoms with E-state index in [9.17, 15) is 5.11 Å². The Bertz CT molecular complexity index is 308. The van der Waals surface area contributed by atoms with Crippen molar-refractivity contribution in [3.05, 3.63) is 23.9 Å². The third-order valence-electron chi connectivity index (χ3n) is 1.85. The summed E-state index contributed by atoms with van der Waals surface area (Å²) in [6.07, 6.45) is 0. The first-order chi connectivity index (χ1) is 7.01. The van der Waals surface area contributed by atoms with Crippen LogP contribution in [-0.4, -0.2) is 29.3 Å². The minimum atomic E-state index is -0.696. The van der Waals surface area contributed by atoms with Crippen LogP contribution in [0.3, 0.4) is 0 Å². The Balaban J connectivity index is 2.44. The molecule has 0 aromatic carbocycles. The predicted molar refractivity (Wildman–Crippen MR) is 58.8 cm³/mol. The van der Waals surface area contributed by atoms with Gasteiger partial charge in [0.25, 0.3) is 0 Å². The molecule has 0 bridgehead atoms. The predicted octanol–water partition coefficient (Wildman–Crippen LogP) is 0.951. The van der Waals surface area contributed by atoms with Crippen molar-refractivity contribution in [3.63, 3.8) is 0 Å². The van der Waals surface area contributed by atoms with Gasteiger partial charge in [-0.25, -0.2) is 4.98 Å². The molecule has 0 saturated carbocycles. The van der Waals surface area contributed by atoms with Crippen molar-refractivity contribution in [3.8, 4) is 5.88 Å². The van der Waals surface area contributed by atoms with Crippen LogP contribution in [0.1, 0.15) is 19.5 Å². The second-order valence-corrected chi connectivity index (χ2v) is 4.09. The molecule has 0 atom stereocenters. The molecule has 0 radical (unpaired) electrons. The van der Waals surface area contributed by atoms with Gasteiger partial charge in [0.1, 0.15) is 0 Å². The number of hydrogen-bond acceptors (Lipinski definition) is 4. The van der Waals surface area contributed by atoms with Gasteiger partial charge in [-0.05, 0) is 19.9 Å². The second kappa shape index (κ2) is 5.09. The molecule has 0 fully saturated rings. The van der Waals surface area contributed by atoms with E-state index in [1.807, 2.05) is 12.1 Å². The van der Waals surface area contributed by atoms with Crippen LogP contribution in [0, 0.1) is 0 Å². The molecule has 84 valence electrons. The summed E-state index contributed by atoms with van der Waals surface area (Å²) in [5, 5.41) is 12.6. The lowest BCUT2D eigenvalue weighted by Crippen LogP contribution is -2.34. The Morgan fingerprint density at radius 1 is 1.47 bits per heavy atom. The summed E-state index contributed by atoms with van der Waals surface area (Å²) in [6.45, 7) is 4.69. The third kappa shape index (κ3) is 4.76. The Morgan fingerprint density at radius 2 is 2.20 bits per heavy atom. The zero-order valence-corrected chi connectivity index (χ0v) is 9.45. The maximum absolute atomic E-state index is 9.49. The van der Waals surface area contributed by atoms with E-state index in [1.54, 1.807) is 27.0 Å². The quantitative estimate of drug-likeness (QED) is 0.759. The minimum absolute atomic E-state index is 0.534. The summed E-state index contributed by atoms with van der Waals surface area (Å²) >= 11 is 0. The van der Waals surface area contributed by atoms with Gasteiger partial charge < -0.3 is 15.2 Å². The van der Waals surface area contributed by atoms with E-state index in [0.29, 0.717) is 19.0 Å². The SMILES string of the molecule is COc1cccc(CNCC(C)(C)O)n1. The monoisotopic (exact) mass is 210 g/mol. The van der Waals surface area contributed by atoms with Gasteiger partial charge in [0.2, 0.25) is 5.88 Å². The van der Waals surface area contributed by atoms with E-state index in [2.05, 4.69) is 10.3 Å². The lowest BCUT2D eigenvalue weighted by atomic mass is 10.1. The molecular formula is C11H18N2O2. The number of methoxy groups -OCH3 is 1. The highest BCUT2D eigenvalue weighted by Crippen LogP contribution is 2.06. The smallest absolute Gasteiger partial charge is 0.213 e. The molecule has 0 unspecified atom stereocenters. The fourth-order valence-electron chi connectivity index (χ4n) is 1.17. The molecule has 4 nitrogen and oxygen atoms in total. The fraction of sp³-hybridized carbons (Fsp3) is 0.545. The summed E-state index contributed by atoms with van der Waals surface area (Å²) in [5.74, 6) is 0.609. The molecule has 1 aromatic rings. The number of nitrogens with one attached hydrogen (secondary N) is 1. The standard InChI is InChI=1S/C11H18N2O2/c1-11(2,14)8-12-7-9-5-4-6-10(13-9)15-3/h4-6,12,14H,7-8H2,1-3H3. The minimum Gasteiger partial charge on any atom is -0.481 e. The molecule has 1 rings (SSSR count). The van der Waals surface area contributed by atoms with Gasteiger partial charge in [-0.3, -0.25) is 0 Å². The number of pyridine rings is 1. The van der Waals surface area contributed by atoms with Crippen LogP contribution in [0.25, 0.3) is 0 Å². The van der Waals surface area contributed by atoms with E-state index in [1.165, 1.54) is 0 Å². The van der Waals surface area contributed by atoms with Gasteiger partial charge in [0, 0.05) is 19.2 Å². The van der Waals surface area contributed by atoms with Crippen molar-refractivity contribution in [1.29, 1.82) is 0 Å². The first-order valence-electron chi connectivity index (χ1n) is 4.94. The van der Waals surface area contributed by atoms with Gasteiger partial charge in [0.05, 0.1) is 18.4 Å². The van der Waals surface area contributed by atoms with Crippen LogP contribution in [0.4, 0.5) is 0 Å².